The molecule has 2 N–H and O–H groups in total. The van der Waals surface area contributed by atoms with Gasteiger partial charge in [0.05, 0.1) is 12.7 Å². The maximum Gasteiger partial charge on any atom is 0.330 e. The van der Waals surface area contributed by atoms with E-state index in [0.29, 0.717) is 12.8 Å². The number of hydrogen-bond acceptors (Lipinski definition) is 4. The Morgan fingerprint density at radius 1 is 1.07 bits per heavy atom. The predicted molar refractivity (Wildman–Crippen MR) is 115 cm³/mol. The molecule has 0 aliphatic carbocycles. The van der Waals surface area contributed by atoms with E-state index in [2.05, 4.69) is 23.7 Å². The Morgan fingerprint density at radius 2 is 1.72 bits per heavy atom. The molecule has 2 heterocycles. The molecule has 162 valence electrons. The highest BCUT2D eigenvalue weighted by Crippen LogP contribution is 2.26. The molecule has 0 bridgehead atoms. The van der Waals surface area contributed by atoms with Gasteiger partial charge in [0.2, 0.25) is 0 Å². The van der Waals surface area contributed by atoms with Crippen LogP contribution in [0.5, 0.6) is 0 Å². The molecule has 2 atom stereocenters. The van der Waals surface area contributed by atoms with Gasteiger partial charge in [-0.05, 0) is 19.3 Å². The van der Waals surface area contributed by atoms with Crippen LogP contribution < -0.4 is 11.2 Å². The minimum Gasteiger partial charge on any atom is -0.394 e. The molecule has 1 fully saturated rings. The van der Waals surface area contributed by atoms with Gasteiger partial charge in [-0.25, -0.2) is 4.79 Å². The first-order valence-corrected chi connectivity index (χ1v) is 11.3. The van der Waals surface area contributed by atoms with Gasteiger partial charge in [-0.2, -0.15) is 0 Å². The first-order valence-electron chi connectivity index (χ1n) is 11.3. The smallest absolute Gasteiger partial charge is 0.330 e. The van der Waals surface area contributed by atoms with Crippen LogP contribution in [0, 0.1) is 11.8 Å². The molecule has 1 aliphatic heterocycles. The number of hydrogen-bond donors (Lipinski definition) is 2. The van der Waals surface area contributed by atoms with E-state index in [0.717, 1.165) is 19.3 Å². The van der Waals surface area contributed by atoms with Crippen LogP contribution in [0.4, 0.5) is 0 Å². The van der Waals surface area contributed by atoms with Crippen molar-refractivity contribution in [2.45, 2.75) is 103 Å². The van der Waals surface area contributed by atoms with Crippen molar-refractivity contribution in [3.8, 4) is 11.8 Å². The molecule has 0 unspecified atom stereocenters. The van der Waals surface area contributed by atoms with Crippen molar-refractivity contribution in [3.05, 3.63) is 32.6 Å². The molecule has 1 saturated heterocycles. The van der Waals surface area contributed by atoms with Gasteiger partial charge in [0.25, 0.3) is 5.56 Å². The summed E-state index contributed by atoms with van der Waals surface area (Å²) in [6, 6.07) is 0. The zero-order chi connectivity index (χ0) is 20.9. The lowest BCUT2D eigenvalue weighted by atomic mass is 10.1. The highest BCUT2D eigenvalue weighted by atomic mass is 16.5. The van der Waals surface area contributed by atoms with Gasteiger partial charge in [-0.15, -0.1) is 0 Å². The van der Waals surface area contributed by atoms with Crippen molar-refractivity contribution in [2.75, 3.05) is 6.61 Å². The molecule has 1 aromatic heterocycles. The summed E-state index contributed by atoms with van der Waals surface area (Å²) < 4.78 is 7.01. The highest BCUT2D eigenvalue weighted by molar-refractivity contribution is 5.29. The van der Waals surface area contributed by atoms with E-state index in [1.807, 2.05) is 0 Å². The molecule has 0 amide bonds. The fourth-order valence-electron chi connectivity index (χ4n) is 3.67. The fourth-order valence-corrected chi connectivity index (χ4v) is 3.67. The standard InChI is InChI=1S/C23H36N2O4/c1-2-3-4-5-6-7-8-9-10-11-12-13-14-19-17-25(23(28)24-22(19)27)21-16-15-20(18-26)29-21/h17,20-21,26H,2-12,15-16,18H2,1H3,(H,24,27,28)/t20-,21+/m0/s1. The molecule has 0 aromatic carbocycles. The van der Waals surface area contributed by atoms with Gasteiger partial charge in [0.1, 0.15) is 11.8 Å². The van der Waals surface area contributed by atoms with Gasteiger partial charge in [-0.1, -0.05) is 76.6 Å². The lowest BCUT2D eigenvalue weighted by molar-refractivity contribution is -0.0246. The van der Waals surface area contributed by atoms with Crippen LogP contribution in [-0.4, -0.2) is 27.4 Å². The number of nitrogens with one attached hydrogen (secondary N) is 1. The number of aliphatic hydroxyl groups excluding tert-OH is 1. The van der Waals surface area contributed by atoms with Gasteiger partial charge in [-0.3, -0.25) is 14.3 Å². The van der Waals surface area contributed by atoms with Crippen molar-refractivity contribution in [1.82, 2.24) is 9.55 Å². The molecule has 29 heavy (non-hydrogen) atoms. The maximum absolute atomic E-state index is 12.1. The first kappa shape index (κ1) is 23.4. The summed E-state index contributed by atoms with van der Waals surface area (Å²) in [6.45, 7) is 2.17. The van der Waals surface area contributed by atoms with Gasteiger partial charge in [0, 0.05) is 12.6 Å². The molecule has 0 radical (unpaired) electrons. The van der Waals surface area contributed by atoms with E-state index < -0.39 is 17.5 Å². The average Bonchev–Trinajstić information content (AvgIpc) is 3.19. The molecule has 2 rings (SSSR count). The van der Waals surface area contributed by atoms with Crippen LogP contribution in [0.25, 0.3) is 0 Å². The van der Waals surface area contributed by atoms with Crippen LogP contribution in [-0.2, 0) is 4.74 Å². The van der Waals surface area contributed by atoms with Crippen molar-refractivity contribution < 1.29 is 9.84 Å². The molecule has 1 aromatic rings. The second-order valence-electron chi connectivity index (χ2n) is 7.92. The Kier molecular flexibility index (Phi) is 10.8. The Morgan fingerprint density at radius 3 is 2.34 bits per heavy atom. The molecule has 0 spiro atoms. The molecule has 1 aliphatic rings. The van der Waals surface area contributed by atoms with Gasteiger partial charge >= 0.3 is 5.69 Å². The summed E-state index contributed by atoms with van der Waals surface area (Å²) in [5, 5.41) is 9.18. The normalized spacial score (nSPS) is 18.6. The fraction of sp³-hybridized carbons (Fsp3) is 0.739. The largest absolute Gasteiger partial charge is 0.394 e. The third kappa shape index (κ3) is 8.20. The maximum atomic E-state index is 12.1. The second kappa shape index (κ2) is 13.4. The van der Waals surface area contributed by atoms with Crippen molar-refractivity contribution in [3.63, 3.8) is 0 Å². The molecular weight excluding hydrogens is 368 g/mol. The number of aromatic amines is 1. The Balaban J connectivity index is 1.73. The van der Waals surface area contributed by atoms with Crippen molar-refractivity contribution in [1.29, 1.82) is 0 Å². The molecular formula is C23H36N2O4. The average molecular weight is 405 g/mol. The number of ether oxygens (including phenoxy) is 1. The minimum atomic E-state index is -0.501. The Bertz CT molecular complexity index is 772. The lowest BCUT2D eigenvalue weighted by Gasteiger charge is -2.14. The van der Waals surface area contributed by atoms with E-state index in [9.17, 15) is 14.7 Å². The zero-order valence-corrected chi connectivity index (χ0v) is 17.8. The summed E-state index contributed by atoms with van der Waals surface area (Å²) in [5.41, 5.74) is -0.676. The molecule has 0 saturated carbocycles. The number of aliphatic hydroxyl groups is 1. The number of unbranched alkanes of at least 4 members (excludes halogenated alkanes) is 10. The van der Waals surface area contributed by atoms with Crippen LogP contribution >= 0.6 is 0 Å². The first-order chi connectivity index (χ1) is 14.2. The van der Waals surface area contributed by atoms with E-state index in [4.69, 9.17) is 4.74 Å². The topological polar surface area (TPSA) is 84.3 Å². The van der Waals surface area contributed by atoms with Crippen molar-refractivity contribution in [2.24, 2.45) is 0 Å². The van der Waals surface area contributed by atoms with Gasteiger partial charge in [0.15, 0.2) is 0 Å². The summed E-state index contributed by atoms with van der Waals surface area (Å²) in [7, 11) is 0. The Hall–Kier alpha value is -1.84. The minimum absolute atomic E-state index is 0.0693. The SMILES string of the molecule is CCCCCCCCCCCCC#Cc1cn([C@H]2CC[C@@H](CO)O2)c(=O)[nH]c1=O. The summed E-state index contributed by atoms with van der Waals surface area (Å²) in [5.74, 6) is 5.96. The Labute approximate surface area is 173 Å². The van der Waals surface area contributed by atoms with E-state index in [-0.39, 0.29) is 18.3 Å². The second-order valence-corrected chi connectivity index (χ2v) is 7.92. The van der Waals surface area contributed by atoms with Crippen LogP contribution in [0.1, 0.15) is 102 Å². The number of rotatable bonds is 12. The van der Waals surface area contributed by atoms with E-state index in [1.165, 1.54) is 62.1 Å². The van der Waals surface area contributed by atoms with Crippen molar-refractivity contribution >= 4 is 0 Å². The highest BCUT2D eigenvalue weighted by Gasteiger charge is 2.27. The summed E-state index contributed by atoms with van der Waals surface area (Å²) in [4.78, 5) is 26.4. The summed E-state index contributed by atoms with van der Waals surface area (Å²) >= 11 is 0. The quantitative estimate of drug-likeness (QED) is 0.409. The van der Waals surface area contributed by atoms with Crippen LogP contribution in [0.3, 0.4) is 0 Å². The molecule has 6 heteroatoms. The number of aromatic nitrogens is 2. The summed E-state index contributed by atoms with van der Waals surface area (Å²) in [6.07, 6.45) is 15.6. The zero-order valence-electron chi connectivity index (χ0n) is 17.8. The lowest BCUT2D eigenvalue weighted by Crippen LogP contribution is -2.33. The van der Waals surface area contributed by atoms with E-state index >= 15 is 0 Å². The predicted octanol–water partition coefficient (Wildman–Crippen LogP) is 3.87. The number of nitrogens with zero attached hydrogens (tertiary/aromatic N) is 1. The monoisotopic (exact) mass is 404 g/mol. The van der Waals surface area contributed by atoms with Gasteiger partial charge < -0.3 is 9.84 Å². The van der Waals surface area contributed by atoms with Crippen LogP contribution in [0.15, 0.2) is 15.8 Å². The van der Waals surface area contributed by atoms with Crippen LogP contribution in [0.2, 0.25) is 0 Å². The third-order valence-electron chi connectivity index (χ3n) is 5.45. The number of H-pyrrole nitrogens is 1. The third-order valence-corrected chi connectivity index (χ3v) is 5.45. The molecule has 6 nitrogen and oxygen atoms in total. The van der Waals surface area contributed by atoms with E-state index in [1.54, 1.807) is 0 Å².